The van der Waals surface area contributed by atoms with Crippen LogP contribution in [0.1, 0.15) is 5.56 Å². The number of nitrogens with zero attached hydrogens (tertiary/aromatic N) is 2. The molecule has 0 atom stereocenters. The van der Waals surface area contributed by atoms with Crippen LogP contribution in [0.3, 0.4) is 0 Å². The number of rotatable bonds is 4. The minimum atomic E-state index is -0.601. The topological polar surface area (TPSA) is 55.2 Å². The molecule has 0 unspecified atom stereocenters. The zero-order valence-corrected chi connectivity index (χ0v) is 9.45. The van der Waals surface area contributed by atoms with Crippen LogP contribution < -0.4 is 4.74 Å². The SMILES string of the molecule is OC/C(F)=C/c1ccc(Oc2ncccn2)cc1. The highest BCUT2D eigenvalue weighted by Gasteiger charge is 1.99. The molecule has 2 rings (SSSR count). The van der Waals surface area contributed by atoms with Gasteiger partial charge in [0.05, 0.1) is 6.61 Å². The Morgan fingerprint density at radius 1 is 1.22 bits per heavy atom. The van der Waals surface area contributed by atoms with Gasteiger partial charge in [0.25, 0.3) is 0 Å². The van der Waals surface area contributed by atoms with Gasteiger partial charge >= 0.3 is 6.01 Å². The van der Waals surface area contributed by atoms with Crippen LogP contribution in [-0.2, 0) is 0 Å². The van der Waals surface area contributed by atoms with Crippen LogP contribution in [0.4, 0.5) is 4.39 Å². The standard InChI is InChI=1S/C13H11FN2O2/c14-11(9-17)8-10-2-4-12(5-3-10)18-13-15-6-1-7-16-13/h1-8,17H,9H2/b11-8-. The fraction of sp³-hybridized carbons (Fsp3) is 0.0769. The molecule has 0 saturated carbocycles. The van der Waals surface area contributed by atoms with E-state index in [1.165, 1.54) is 6.08 Å². The van der Waals surface area contributed by atoms with Gasteiger partial charge in [0.1, 0.15) is 11.6 Å². The van der Waals surface area contributed by atoms with Crippen molar-refractivity contribution in [1.82, 2.24) is 9.97 Å². The Hall–Kier alpha value is -2.27. The number of aliphatic hydroxyl groups is 1. The van der Waals surface area contributed by atoms with E-state index in [2.05, 4.69) is 9.97 Å². The fourth-order valence-corrected chi connectivity index (χ4v) is 1.30. The summed E-state index contributed by atoms with van der Waals surface area (Å²) in [5, 5.41) is 8.56. The van der Waals surface area contributed by atoms with E-state index in [0.29, 0.717) is 11.3 Å². The number of hydrogen-bond donors (Lipinski definition) is 1. The molecule has 0 aliphatic carbocycles. The molecule has 0 aliphatic heterocycles. The van der Waals surface area contributed by atoms with Gasteiger partial charge in [0.15, 0.2) is 0 Å². The highest BCUT2D eigenvalue weighted by molar-refractivity contribution is 5.52. The second-order valence-electron chi connectivity index (χ2n) is 3.45. The van der Waals surface area contributed by atoms with E-state index in [1.807, 2.05) is 0 Å². The van der Waals surface area contributed by atoms with Crippen LogP contribution >= 0.6 is 0 Å². The van der Waals surface area contributed by atoms with Crippen molar-refractivity contribution in [2.45, 2.75) is 0 Å². The van der Waals surface area contributed by atoms with Crippen molar-refractivity contribution < 1.29 is 14.2 Å². The van der Waals surface area contributed by atoms with Gasteiger partial charge in [-0.1, -0.05) is 12.1 Å². The van der Waals surface area contributed by atoms with Crippen molar-refractivity contribution in [3.63, 3.8) is 0 Å². The molecule has 0 aliphatic rings. The first-order valence-electron chi connectivity index (χ1n) is 5.30. The molecule has 0 amide bonds. The summed E-state index contributed by atoms with van der Waals surface area (Å²) in [5.41, 5.74) is 0.642. The Kier molecular flexibility index (Phi) is 3.98. The number of halogens is 1. The monoisotopic (exact) mass is 246 g/mol. The normalized spacial score (nSPS) is 11.3. The molecule has 92 valence electrons. The van der Waals surface area contributed by atoms with E-state index >= 15 is 0 Å². The van der Waals surface area contributed by atoms with E-state index < -0.39 is 12.4 Å². The highest BCUT2D eigenvalue weighted by Crippen LogP contribution is 2.18. The number of benzene rings is 1. The summed E-state index contributed by atoms with van der Waals surface area (Å²) in [5.74, 6) is -0.0298. The first kappa shape index (κ1) is 12.2. The smallest absolute Gasteiger partial charge is 0.321 e. The van der Waals surface area contributed by atoms with Crippen LogP contribution in [0.25, 0.3) is 6.08 Å². The molecule has 0 spiro atoms. The van der Waals surface area contributed by atoms with Crippen LogP contribution in [0.5, 0.6) is 11.8 Å². The summed E-state index contributed by atoms with van der Waals surface area (Å²) in [6.45, 7) is -0.601. The van der Waals surface area contributed by atoms with Crippen molar-refractivity contribution in [2.75, 3.05) is 6.61 Å². The van der Waals surface area contributed by atoms with Gasteiger partial charge in [-0.15, -0.1) is 0 Å². The largest absolute Gasteiger partial charge is 0.424 e. The molecule has 1 heterocycles. The molecular formula is C13H11FN2O2. The van der Waals surface area contributed by atoms with E-state index in [-0.39, 0.29) is 6.01 Å². The fourth-order valence-electron chi connectivity index (χ4n) is 1.30. The minimum Gasteiger partial charge on any atom is -0.424 e. The van der Waals surface area contributed by atoms with Crippen LogP contribution in [-0.4, -0.2) is 21.7 Å². The maximum atomic E-state index is 12.8. The quantitative estimate of drug-likeness (QED) is 0.900. The summed E-state index contributed by atoms with van der Waals surface area (Å²) < 4.78 is 18.2. The molecule has 1 N–H and O–H groups in total. The zero-order chi connectivity index (χ0) is 12.8. The second-order valence-corrected chi connectivity index (χ2v) is 3.45. The molecule has 0 bridgehead atoms. The van der Waals surface area contributed by atoms with Gasteiger partial charge in [-0.25, -0.2) is 14.4 Å². The van der Waals surface area contributed by atoms with Gasteiger partial charge < -0.3 is 9.84 Å². The molecule has 2 aromatic rings. The summed E-state index contributed by atoms with van der Waals surface area (Å²) in [7, 11) is 0. The Bertz CT molecular complexity index is 526. The third kappa shape index (κ3) is 3.36. The predicted molar refractivity (Wildman–Crippen MR) is 64.7 cm³/mol. The Morgan fingerprint density at radius 2 is 1.89 bits per heavy atom. The lowest BCUT2D eigenvalue weighted by Crippen LogP contribution is -1.90. The number of hydrogen-bond acceptors (Lipinski definition) is 4. The van der Waals surface area contributed by atoms with Gasteiger partial charge in [-0.3, -0.25) is 0 Å². The summed E-state index contributed by atoms with van der Waals surface area (Å²) >= 11 is 0. The maximum Gasteiger partial charge on any atom is 0.321 e. The van der Waals surface area contributed by atoms with Crippen molar-refractivity contribution in [3.8, 4) is 11.8 Å². The zero-order valence-electron chi connectivity index (χ0n) is 9.45. The lowest BCUT2D eigenvalue weighted by atomic mass is 10.2. The average molecular weight is 246 g/mol. The van der Waals surface area contributed by atoms with Gasteiger partial charge in [0, 0.05) is 12.4 Å². The van der Waals surface area contributed by atoms with Crippen molar-refractivity contribution >= 4 is 6.08 Å². The van der Waals surface area contributed by atoms with Crippen molar-refractivity contribution in [3.05, 3.63) is 54.1 Å². The number of aromatic nitrogens is 2. The maximum absolute atomic E-state index is 12.8. The van der Waals surface area contributed by atoms with E-state index in [1.54, 1.807) is 42.7 Å². The molecule has 0 fully saturated rings. The van der Waals surface area contributed by atoms with Crippen LogP contribution in [0.15, 0.2) is 48.6 Å². The van der Waals surface area contributed by atoms with E-state index in [9.17, 15) is 4.39 Å². The Morgan fingerprint density at radius 3 is 2.50 bits per heavy atom. The summed E-state index contributed by atoms with van der Waals surface area (Å²) in [4.78, 5) is 7.84. The molecule has 1 aromatic heterocycles. The third-order valence-corrected chi connectivity index (χ3v) is 2.11. The van der Waals surface area contributed by atoms with Gasteiger partial charge in [0.2, 0.25) is 0 Å². The van der Waals surface area contributed by atoms with E-state index in [4.69, 9.17) is 9.84 Å². The second kappa shape index (κ2) is 5.88. The van der Waals surface area contributed by atoms with Gasteiger partial charge in [-0.05, 0) is 29.8 Å². The van der Waals surface area contributed by atoms with Crippen LogP contribution in [0.2, 0.25) is 0 Å². The summed E-state index contributed by atoms with van der Waals surface area (Å²) in [6, 6.07) is 8.64. The molecular weight excluding hydrogens is 235 g/mol. The Labute approximate surface area is 103 Å². The molecule has 0 radical (unpaired) electrons. The first-order valence-corrected chi connectivity index (χ1v) is 5.30. The Balaban J connectivity index is 2.09. The average Bonchev–Trinajstić information content (AvgIpc) is 2.42. The molecule has 5 heteroatoms. The summed E-state index contributed by atoms with van der Waals surface area (Å²) in [6.07, 6.45) is 4.41. The number of aliphatic hydroxyl groups excluding tert-OH is 1. The highest BCUT2D eigenvalue weighted by atomic mass is 19.1. The van der Waals surface area contributed by atoms with Crippen LogP contribution in [0, 0.1) is 0 Å². The molecule has 1 aromatic carbocycles. The predicted octanol–water partition coefficient (Wildman–Crippen LogP) is 2.57. The lowest BCUT2D eigenvalue weighted by molar-refractivity contribution is 0.300. The molecule has 0 saturated heterocycles. The van der Waals surface area contributed by atoms with E-state index in [0.717, 1.165) is 0 Å². The third-order valence-electron chi connectivity index (χ3n) is 2.11. The molecule has 4 nitrogen and oxygen atoms in total. The van der Waals surface area contributed by atoms with Gasteiger partial charge in [-0.2, -0.15) is 0 Å². The lowest BCUT2D eigenvalue weighted by Gasteiger charge is -2.03. The van der Waals surface area contributed by atoms with Crippen molar-refractivity contribution in [2.24, 2.45) is 0 Å². The minimum absolute atomic E-state index is 0.252. The molecule has 18 heavy (non-hydrogen) atoms. The first-order chi connectivity index (χ1) is 8.78. The number of ether oxygens (including phenoxy) is 1. The van der Waals surface area contributed by atoms with Crippen molar-refractivity contribution in [1.29, 1.82) is 0 Å².